The van der Waals surface area contributed by atoms with Gasteiger partial charge in [-0.25, -0.2) is 0 Å². The van der Waals surface area contributed by atoms with Gasteiger partial charge in [0.25, 0.3) is 0 Å². The number of carbonyl (C=O) groups excluding carboxylic acids is 1. The van der Waals surface area contributed by atoms with Gasteiger partial charge >= 0.3 is 0 Å². The summed E-state index contributed by atoms with van der Waals surface area (Å²) < 4.78 is 5.11. The minimum Gasteiger partial charge on any atom is -0.380 e. The molecule has 1 amide bonds. The fraction of sp³-hybridized carbons (Fsp3) is 0.176. The predicted octanol–water partition coefficient (Wildman–Crippen LogP) is 3.08. The number of hydrogen-bond donors (Lipinski definition) is 1. The van der Waals surface area contributed by atoms with E-state index in [0.717, 1.165) is 5.56 Å². The number of hydrogen-bond acceptors (Lipinski definition) is 3. The van der Waals surface area contributed by atoms with E-state index in [1.165, 1.54) is 0 Å². The Labute approximate surface area is 124 Å². The van der Waals surface area contributed by atoms with E-state index in [4.69, 9.17) is 4.74 Å². The molecule has 106 valence electrons. The van der Waals surface area contributed by atoms with Crippen LogP contribution in [0.5, 0.6) is 0 Å². The highest BCUT2D eigenvalue weighted by molar-refractivity contribution is 5.98. The molecule has 0 aromatic heterocycles. The van der Waals surface area contributed by atoms with Crippen LogP contribution in [0.3, 0.4) is 0 Å². The first-order valence-electron chi connectivity index (χ1n) is 6.58. The average Bonchev–Trinajstić information content (AvgIpc) is 2.51. The van der Waals surface area contributed by atoms with Gasteiger partial charge in [-0.05, 0) is 11.6 Å². The van der Waals surface area contributed by atoms with Gasteiger partial charge in [0, 0.05) is 18.4 Å². The van der Waals surface area contributed by atoms with Crippen molar-refractivity contribution < 1.29 is 9.53 Å². The second-order valence-corrected chi connectivity index (χ2v) is 4.55. The molecular formula is C17H16N2O2. The number of amides is 1. The quantitative estimate of drug-likeness (QED) is 0.915. The number of nitrogens with one attached hydrogen (secondary N) is 1. The third-order valence-electron chi connectivity index (χ3n) is 3.10. The molecule has 1 atom stereocenters. The maximum absolute atomic E-state index is 12.3. The summed E-state index contributed by atoms with van der Waals surface area (Å²) in [6.07, 6.45) is 0. The molecule has 0 radical (unpaired) electrons. The Morgan fingerprint density at radius 1 is 1.19 bits per heavy atom. The van der Waals surface area contributed by atoms with Gasteiger partial charge in [0.1, 0.15) is 0 Å². The van der Waals surface area contributed by atoms with Crippen molar-refractivity contribution in [2.75, 3.05) is 12.4 Å². The number of nitriles is 1. The fourth-order valence-corrected chi connectivity index (χ4v) is 2.06. The first-order chi connectivity index (χ1) is 10.3. The summed E-state index contributed by atoms with van der Waals surface area (Å²) in [5, 5.41) is 12.1. The number of benzene rings is 2. The smallest absolute Gasteiger partial charge is 0.246 e. The summed E-state index contributed by atoms with van der Waals surface area (Å²) in [5.41, 5.74) is 2.22. The Hall–Kier alpha value is -2.64. The molecular weight excluding hydrogens is 264 g/mol. The van der Waals surface area contributed by atoms with Crippen LogP contribution in [0, 0.1) is 11.3 Å². The lowest BCUT2D eigenvalue weighted by molar-refractivity contribution is -0.116. The molecule has 0 spiro atoms. The van der Waals surface area contributed by atoms with E-state index in [-0.39, 0.29) is 5.91 Å². The molecule has 0 saturated heterocycles. The molecule has 1 unspecified atom stereocenters. The lowest BCUT2D eigenvalue weighted by Crippen LogP contribution is -2.20. The summed E-state index contributed by atoms with van der Waals surface area (Å²) in [7, 11) is 1.60. The molecule has 2 aromatic carbocycles. The largest absolute Gasteiger partial charge is 0.380 e. The van der Waals surface area contributed by atoms with Crippen molar-refractivity contribution >= 4 is 11.6 Å². The molecule has 1 N–H and O–H groups in total. The van der Waals surface area contributed by atoms with Gasteiger partial charge in [0.05, 0.1) is 12.7 Å². The lowest BCUT2D eigenvalue weighted by Gasteiger charge is -2.13. The maximum atomic E-state index is 12.3. The first kappa shape index (κ1) is 14.8. The zero-order valence-electron chi connectivity index (χ0n) is 11.7. The summed E-state index contributed by atoms with van der Waals surface area (Å²) >= 11 is 0. The van der Waals surface area contributed by atoms with Gasteiger partial charge in [-0.1, -0.05) is 48.5 Å². The van der Waals surface area contributed by atoms with Crippen LogP contribution in [-0.2, 0) is 16.1 Å². The molecule has 0 aliphatic heterocycles. The third-order valence-corrected chi connectivity index (χ3v) is 3.10. The summed E-state index contributed by atoms with van der Waals surface area (Å²) in [6, 6.07) is 18.5. The maximum Gasteiger partial charge on any atom is 0.246 e. The zero-order valence-corrected chi connectivity index (χ0v) is 11.7. The van der Waals surface area contributed by atoms with Crippen LogP contribution in [0.25, 0.3) is 0 Å². The van der Waals surface area contributed by atoms with Gasteiger partial charge in [-0.2, -0.15) is 5.26 Å². The standard InChI is InChI=1S/C17H16N2O2/c1-21-12-14-9-5-6-10-16(14)19-17(20)15(11-18)13-7-3-2-4-8-13/h2-10,15H,12H2,1H3,(H,19,20). The van der Waals surface area contributed by atoms with E-state index >= 15 is 0 Å². The van der Waals surface area contributed by atoms with E-state index in [1.54, 1.807) is 25.3 Å². The second kappa shape index (κ2) is 7.22. The van der Waals surface area contributed by atoms with E-state index in [2.05, 4.69) is 5.32 Å². The van der Waals surface area contributed by atoms with Crippen molar-refractivity contribution in [2.24, 2.45) is 0 Å². The van der Waals surface area contributed by atoms with Crippen molar-refractivity contribution in [3.05, 3.63) is 65.7 Å². The fourth-order valence-electron chi connectivity index (χ4n) is 2.06. The van der Waals surface area contributed by atoms with Crippen LogP contribution < -0.4 is 5.32 Å². The monoisotopic (exact) mass is 280 g/mol. The van der Waals surface area contributed by atoms with Gasteiger partial charge in [0.15, 0.2) is 5.92 Å². The normalized spacial score (nSPS) is 11.4. The number of ether oxygens (including phenoxy) is 1. The molecule has 4 nitrogen and oxygen atoms in total. The van der Waals surface area contributed by atoms with E-state index in [0.29, 0.717) is 17.9 Å². The predicted molar refractivity (Wildman–Crippen MR) is 80.6 cm³/mol. The molecule has 0 heterocycles. The second-order valence-electron chi connectivity index (χ2n) is 4.55. The zero-order chi connectivity index (χ0) is 15.1. The summed E-state index contributed by atoms with van der Waals surface area (Å²) in [6.45, 7) is 0.402. The Morgan fingerprint density at radius 3 is 2.52 bits per heavy atom. The molecule has 0 bridgehead atoms. The van der Waals surface area contributed by atoms with Crippen LogP contribution in [0.1, 0.15) is 17.0 Å². The highest BCUT2D eigenvalue weighted by Gasteiger charge is 2.20. The Morgan fingerprint density at radius 2 is 1.86 bits per heavy atom. The van der Waals surface area contributed by atoms with Crippen molar-refractivity contribution in [1.82, 2.24) is 0 Å². The Bertz CT molecular complexity index is 647. The summed E-state index contributed by atoms with van der Waals surface area (Å²) in [5.74, 6) is -1.17. The molecule has 21 heavy (non-hydrogen) atoms. The molecule has 0 aliphatic carbocycles. The Balaban J connectivity index is 2.19. The van der Waals surface area contributed by atoms with E-state index in [1.807, 2.05) is 42.5 Å². The van der Waals surface area contributed by atoms with Gasteiger partial charge < -0.3 is 10.1 Å². The van der Waals surface area contributed by atoms with Gasteiger partial charge in [-0.3, -0.25) is 4.79 Å². The third kappa shape index (κ3) is 3.68. The van der Waals surface area contributed by atoms with Crippen molar-refractivity contribution in [3.8, 4) is 6.07 Å². The van der Waals surface area contributed by atoms with Crippen LogP contribution in [0.15, 0.2) is 54.6 Å². The first-order valence-corrected chi connectivity index (χ1v) is 6.58. The van der Waals surface area contributed by atoms with E-state index < -0.39 is 5.92 Å². The number of para-hydroxylation sites is 1. The molecule has 0 aliphatic rings. The highest BCUT2D eigenvalue weighted by Crippen LogP contribution is 2.20. The number of rotatable bonds is 5. The number of anilines is 1. The highest BCUT2D eigenvalue weighted by atomic mass is 16.5. The number of methoxy groups -OCH3 is 1. The average molecular weight is 280 g/mol. The van der Waals surface area contributed by atoms with Crippen LogP contribution in [0.2, 0.25) is 0 Å². The SMILES string of the molecule is COCc1ccccc1NC(=O)C(C#N)c1ccccc1. The molecule has 2 rings (SSSR count). The Kier molecular flexibility index (Phi) is 5.08. The van der Waals surface area contributed by atoms with Gasteiger partial charge in [-0.15, -0.1) is 0 Å². The lowest BCUT2D eigenvalue weighted by atomic mass is 9.99. The van der Waals surface area contributed by atoms with Crippen LogP contribution in [0.4, 0.5) is 5.69 Å². The minimum absolute atomic E-state index is 0.341. The summed E-state index contributed by atoms with van der Waals surface area (Å²) in [4.78, 5) is 12.3. The molecule has 4 heteroatoms. The van der Waals surface area contributed by atoms with Crippen LogP contribution >= 0.6 is 0 Å². The number of nitrogens with zero attached hydrogens (tertiary/aromatic N) is 1. The van der Waals surface area contributed by atoms with Crippen LogP contribution in [-0.4, -0.2) is 13.0 Å². The van der Waals surface area contributed by atoms with Crippen molar-refractivity contribution in [1.29, 1.82) is 5.26 Å². The minimum atomic E-state index is -0.832. The molecule has 2 aromatic rings. The molecule has 0 fully saturated rings. The topological polar surface area (TPSA) is 62.1 Å². The molecule has 0 saturated carbocycles. The van der Waals surface area contributed by atoms with Crippen molar-refractivity contribution in [2.45, 2.75) is 12.5 Å². The van der Waals surface area contributed by atoms with E-state index in [9.17, 15) is 10.1 Å². The number of carbonyl (C=O) groups is 1. The van der Waals surface area contributed by atoms with Gasteiger partial charge in [0.2, 0.25) is 5.91 Å². The van der Waals surface area contributed by atoms with Crippen molar-refractivity contribution in [3.63, 3.8) is 0 Å².